The summed E-state index contributed by atoms with van der Waals surface area (Å²) < 4.78 is 13.2. The van der Waals surface area contributed by atoms with E-state index in [9.17, 15) is 4.79 Å². The van der Waals surface area contributed by atoms with E-state index in [1.54, 1.807) is 6.26 Å². The number of hydrogen-bond acceptors (Lipinski definition) is 7. The number of carbonyl (C=O) groups excluding carboxylic acids is 1. The molecule has 1 aliphatic heterocycles. The molecule has 3 aromatic rings. The maximum absolute atomic E-state index is 13.0. The summed E-state index contributed by atoms with van der Waals surface area (Å²) in [4.78, 5) is 15.3. The lowest BCUT2D eigenvalue weighted by atomic mass is 9.95. The van der Waals surface area contributed by atoms with Gasteiger partial charge in [-0.05, 0) is 56.2 Å². The summed E-state index contributed by atoms with van der Waals surface area (Å²) in [6, 6.07) is 12.1. The molecule has 1 aliphatic carbocycles. The molecule has 3 heterocycles. The third-order valence-electron chi connectivity index (χ3n) is 6.51. The fraction of sp³-hybridized carbons (Fsp3) is 0.480. The highest BCUT2D eigenvalue weighted by molar-refractivity contribution is 8.00. The van der Waals surface area contributed by atoms with Crippen molar-refractivity contribution < 1.29 is 13.9 Å². The molecule has 0 bridgehead atoms. The van der Waals surface area contributed by atoms with Gasteiger partial charge in [-0.2, -0.15) is 0 Å². The van der Waals surface area contributed by atoms with E-state index in [1.807, 2.05) is 43.3 Å². The summed E-state index contributed by atoms with van der Waals surface area (Å²) in [6.45, 7) is 5.19. The molecule has 1 aromatic carbocycles. The fourth-order valence-electron chi connectivity index (χ4n) is 4.63. The summed E-state index contributed by atoms with van der Waals surface area (Å²) in [7, 11) is 0. The van der Waals surface area contributed by atoms with Crippen LogP contribution in [0.1, 0.15) is 45.1 Å². The number of ether oxygens (including phenoxy) is 1. The van der Waals surface area contributed by atoms with Crippen LogP contribution >= 0.6 is 11.8 Å². The first-order chi connectivity index (χ1) is 16.7. The zero-order valence-corrected chi connectivity index (χ0v) is 20.3. The monoisotopic (exact) mass is 481 g/mol. The Labute approximate surface area is 204 Å². The molecule has 1 atom stereocenters. The second-order valence-electron chi connectivity index (χ2n) is 8.84. The molecular weight excluding hydrogens is 450 g/mol. The molecule has 0 spiro atoms. The van der Waals surface area contributed by atoms with Crippen molar-refractivity contribution >= 4 is 29.0 Å². The molecule has 2 fully saturated rings. The molecule has 2 aliphatic rings. The first-order valence-electron chi connectivity index (χ1n) is 12.1. The van der Waals surface area contributed by atoms with E-state index in [0.717, 1.165) is 61.5 Å². The average molecular weight is 482 g/mol. The van der Waals surface area contributed by atoms with Crippen molar-refractivity contribution in [2.24, 2.45) is 0 Å². The van der Waals surface area contributed by atoms with Gasteiger partial charge >= 0.3 is 0 Å². The first-order valence-corrected chi connectivity index (χ1v) is 13.0. The molecule has 2 aromatic heterocycles. The Morgan fingerprint density at radius 3 is 2.56 bits per heavy atom. The second-order valence-corrected chi connectivity index (χ2v) is 10.1. The standard InChI is InChI=1S/C25H31N5O3S/c1-18(24(31)26-19-9-11-20(12-10-19)29-13-16-32-17-14-29)34-25-28-27-23(22-8-5-15-33-22)30(25)21-6-3-2-4-7-21/h5,8-12,15,18,21H,2-4,6-7,13-14,16-17H2,1H3,(H,26,31). The molecule has 0 radical (unpaired) electrons. The number of morpholine rings is 1. The lowest BCUT2D eigenvalue weighted by Gasteiger charge is -2.29. The summed E-state index contributed by atoms with van der Waals surface area (Å²) in [5, 5.41) is 12.4. The van der Waals surface area contributed by atoms with Crippen LogP contribution in [0.25, 0.3) is 11.6 Å². The van der Waals surface area contributed by atoms with Crippen LogP contribution in [0.3, 0.4) is 0 Å². The SMILES string of the molecule is CC(Sc1nnc(-c2ccco2)n1C1CCCCC1)C(=O)Nc1ccc(N2CCOCC2)cc1. The minimum atomic E-state index is -0.324. The lowest BCUT2D eigenvalue weighted by molar-refractivity contribution is -0.115. The second kappa shape index (κ2) is 10.7. The number of thioether (sulfide) groups is 1. The Kier molecular flexibility index (Phi) is 7.20. The maximum atomic E-state index is 13.0. The average Bonchev–Trinajstić information content (AvgIpc) is 3.56. The van der Waals surface area contributed by atoms with Crippen molar-refractivity contribution in [2.75, 3.05) is 36.5 Å². The molecular formula is C25H31N5O3S. The summed E-state index contributed by atoms with van der Waals surface area (Å²) >= 11 is 1.45. The van der Waals surface area contributed by atoms with Gasteiger partial charge in [0, 0.05) is 30.5 Å². The zero-order valence-electron chi connectivity index (χ0n) is 19.5. The van der Waals surface area contributed by atoms with Crippen molar-refractivity contribution in [3.05, 3.63) is 42.7 Å². The Bertz CT molecular complexity index is 1070. The van der Waals surface area contributed by atoms with E-state index < -0.39 is 0 Å². The number of nitrogens with zero attached hydrogens (tertiary/aromatic N) is 4. The lowest BCUT2D eigenvalue weighted by Crippen LogP contribution is -2.36. The largest absolute Gasteiger partial charge is 0.461 e. The predicted molar refractivity (Wildman–Crippen MR) is 133 cm³/mol. The smallest absolute Gasteiger partial charge is 0.237 e. The van der Waals surface area contributed by atoms with Gasteiger partial charge in [-0.15, -0.1) is 10.2 Å². The molecule has 1 N–H and O–H groups in total. The van der Waals surface area contributed by atoms with E-state index in [1.165, 1.54) is 31.0 Å². The Balaban J connectivity index is 1.27. The number of amides is 1. The van der Waals surface area contributed by atoms with Crippen LogP contribution in [-0.4, -0.2) is 52.2 Å². The van der Waals surface area contributed by atoms with E-state index in [-0.39, 0.29) is 11.2 Å². The number of aromatic nitrogens is 3. The van der Waals surface area contributed by atoms with Crippen LogP contribution in [-0.2, 0) is 9.53 Å². The van der Waals surface area contributed by atoms with Crippen molar-refractivity contribution in [1.82, 2.24) is 14.8 Å². The van der Waals surface area contributed by atoms with Crippen LogP contribution in [0.5, 0.6) is 0 Å². The minimum Gasteiger partial charge on any atom is -0.461 e. The van der Waals surface area contributed by atoms with E-state index in [0.29, 0.717) is 11.8 Å². The van der Waals surface area contributed by atoms with Gasteiger partial charge < -0.3 is 19.4 Å². The molecule has 1 unspecified atom stereocenters. The number of carbonyl (C=O) groups is 1. The van der Waals surface area contributed by atoms with Crippen molar-refractivity contribution in [3.8, 4) is 11.6 Å². The Morgan fingerprint density at radius 2 is 1.85 bits per heavy atom. The van der Waals surface area contributed by atoms with Gasteiger partial charge in [0.05, 0.1) is 24.7 Å². The van der Waals surface area contributed by atoms with Gasteiger partial charge in [-0.1, -0.05) is 31.0 Å². The Morgan fingerprint density at radius 1 is 1.09 bits per heavy atom. The summed E-state index contributed by atoms with van der Waals surface area (Å²) in [6.07, 6.45) is 7.50. The molecule has 1 saturated heterocycles. The fourth-order valence-corrected chi connectivity index (χ4v) is 5.55. The molecule has 1 saturated carbocycles. The van der Waals surface area contributed by atoms with Crippen molar-refractivity contribution in [2.45, 2.75) is 55.5 Å². The zero-order chi connectivity index (χ0) is 23.3. The molecule has 5 rings (SSSR count). The third-order valence-corrected chi connectivity index (χ3v) is 7.57. The molecule has 1 amide bonds. The van der Waals surface area contributed by atoms with Crippen molar-refractivity contribution in [3.63, 3.8) is 0 Å². The molecule has 180 valence electrons. The maximum Gasteiger partial charge on any atom is 0.237 e. The molecule has 8 nitrogen and oxygen atoms in total. The van der Waals surface area contributed by atoms with Crippen LogP contribution in [0.2, 0.25) is 0 Å². The quantitative estimate of drug-likeness (QED) is 0.475. The summed E-state index contributed by atoms with van der Waals surface area (Å²) in [5.41, 5.74) is 1.94. The van der Waals surface area contributed by atoms with Gasteiger partial charge in [-0.3, -0.25) is 9.36 Å². The molecule has 34 heavy (non-hydrogen) atoms. The van der Waals surface area contributed by atoms with E-state index in [4.69, 9.17) is 9.15 Å². The number of furan rings is 1. The van der Waals surface area contributed by atoms with Gasteiger partial charge in [0.25, 0.3) is 0 Å². The number of benzene rings is 1. The van der Waals surface area contributed by atoms with Crippen LogP contribution in [0, 0.1) is 0 Å². The van der Waals surface area contributed by atoms with Crippen molar-refractivity contribution in [1.29, 1.82) is 0 Å². The number of nitrogens with one attached hydrogen (secondary N) is 1. The van der Waals surface area contributed by atoms with Gasteiger partial charge in [0.2, 0.25) is 11.7 Å². The molecule has 9 heteroatoms. The number of rotatable bonds is 7. The highest BCUT2D eigenvalue weighted by Crippen LogP contribution is 2.36. The third kappa shape index (κ3) is 5.15. The van der Waals surface area contributed by atoms with Crippen LogP contribution < -0.4 is 10.2 Å². The highest BCUT2D eigenvalue weighted by atomic mass is 32.2. The van der Waals surface area contributed by atoms with Crippen LogP contribution in [0.15, 0.2) is 52.2 Å². The normalized spacial score (nSPS) is 18.1. The Hall–Kier alpha value is -2.78. The highest BCUT2D eigenvalue weighted by Gasteiger charge is 2.27. The van der Waals surface area contributed by atoms with Gasteiger partial charge in [0.15, 0.2) is 10.9 Å². The first kappa shape index (κ1) is 23.0. The number of hydrogen-bond donors (Lipinski definition) is 1. The topological polar surface area (TPSA) is 85.4 Å². The number of anilines is 2. The van der Waals surface area contributed by atoms with E-state index >= 15 is 0 Å². The van der Waals surface area contributed by atoms with Gasteiger partial charge in [0.1, 0.15) is 0 Å². The minimum absolute atomic E-state index is 0.0538. The van der Waals surface area contributed by atoms with Gasteiger partial charge in [-0.25, -0.2) is 0 Å². The van der Waals surface area contributed by atoms with E-state index in [2.05, 4.69) is 25.0 Å². The summed E-state index contributed by atoms with van der Waals surface area (Å²) in [5.74, 6) is 1.40. The van der Waals surface area contributed by atoms with Crippen LogP contribution in [0.4, 0.5) is 11.4 Å². The predicted octanol–water partition coefficient (Wildman–Crippen LogP) is 5.00.